The highest BCUT2D eigenvalue weighted by Gasteiger charge is 2.16. The van der Waals surface area contributed by atoms with E-state index < -0.39 is 0 Å². The van der Waals surface area contributed by atoms with E-state index in [1.54, 1.807) is 36.8 Å². The van der Waals surface area contributed by atoms with Gasteiger partial charge < -0.3 is 4.57 Å². The van der Waals surface area contributed by atoms with Gasteiger partial charge in [-0.15, -0.1) is 5.10 Å². The number of hydrogen-bond donors (Lipinski definition) is 1. The molecule has 156 valence electrons. The maximum atomic E-state index is 12.7. The van der Waals surface area contributed by atoms with Crippen LogP contribution in [-0.4, -0.2) is 39.6 Å². The zero-order valence-electron chi connectivity index (χ0n) is 16.9. The van der Waals surface area contributed by atoms with Crippen molar-refractivity contribution in [3.63, 3.8) is 0 Å². The first kappa shape index (κ1) is 19.9. The molecule has 1 saturated carbocycles. The van der Waals surface area contributed by atoms with Crippen molar-refractivity contribution >= 4 is 22.9 Å². The molecule has 0 saturated heterocycles. The van der Waals surface area contributed by atoms with Crippen LogP contribution in [0.4, 0.5) is 0 Å². The Morgan fingerprint density at radius 3 is 2.83 bits per heavy atom. The van der Waals surface area contributed by atoms with Gasteiger partial charge in [-0.05, 0) is 18.8 Å². The van der Waals surface area contributed by atoms with Crippen molar-refractivity contribution in [2.45, 2.75) is 56.6 Å². The molecular formula is C19H27N7O2S. The highest BCUT2D eigenvalue weighted by atomic mass is 32.2. The van der Waals surface area contributed by atoms with E-state index in [1.807, 2.05) is 0 Å². The third kappa shape index (κ3) is 4.17. The minimum absolute atomic E-state index is 0.291. The summed E-state index contributed by atoms with van der Waals surface area (Å²) in [4.78, 5) is 33.9. The Morgan fingerprint density at radius 1 is 1.24 bits per heavy atom. The van der Waals surface area contributed by atoms with Crippen LogP contribution in [0.15, 0.2) is 21.1 Å². The Labute approximate surface area is 172 Å². The lowest BCUT2D eigenvalue weighted by atomic mass is 10.0. The lowest BCUT2D eigenvalue weighted by Gasteiger charge is -2.08. The number of aromatic amines is 1. The molecule has 1 aliphatic rings. The summed E-state index contributed by atoms with van der Waals surface area (Å²) in [5.74, 6) is 2.53. The van der Waals surface area contributed by atoms with Crippen molar-refractivity contribution in [3.8, 4) is 0 Å². The normalized spacial score (nSPS) is 15.0. The molecule has 0 radical (unpaired) electrons. The Kier molecular flexibility index (Phi) is 5.89. The lowest BCUT2D eigenvalue weighted by Crippen LogP contribution is -2.39. The second kappa shape index (κ2) is 8.56. The number of imidazole rings is 1. The topological polar surface area (TPSA) is 103 Å². The van der Waals surface area contributed by atoms with E-state index in [0.29, 0.717) is 24.1 Å². The van der Waals surface area contributed by atoms with Gasteiger partial charge in [-0.3, -0.25) is 19.0 Å². The lowest BCUT2D eigenvalue weighted by molar-refractivity contribution is 0.497. The Balaban J connectivity index is 1.32. The van der Waals surface area contributed by atoms with Crippen LogP contribution in [0.5, 0.6) is 0 Å². The van der Waals surface area contributed by atoms with Crippen molar-refractivity contribution in [1.82, 2.24) is 33.9 Å². The van der Waals surface area contributed by atoms with Crippen molar-refractivity contribution < 1.29 is 0 Å². The second-order valence-corrected chi connectivity index (χ2v) is 8.84. The number of aryl methyl sites for hydroxylation is 3. The third-order valence-electron chi connectivity index (χ3n) is 5.73. The van der Waals surface area contributed by atoms with E-state index in [2.05, 4.69) is 20.2 Å². The fraction of sp³-hybridized carbons (Fsp3) is 0.632. The zero-order valence-corrected chi connectivity index (χ0v) is 17.7. The van der Waals surface area contributed by atoms with Gasteiger partial charge in [-0.2, -0.15) is 0 Å². The minimum atomic E-state index is -0.335. The zero-order chi connectivity index (χ0) is 20.4. The summed E-state index contributed by atoms with van der Waals surface area (Å²) >= 11 is 1.55. The van der Waals surface area contributed by atoms with E-state index in [0.717, 1.165) is 29.1 Å². The summed E-state index contributed by atoms with van der Waals surface area (Å²) in [5.41, 5.74) is 0.234. The predicted molar refractivity (Wildman–Crippen MR) is 112 cm³/mol. The fourth-order valence-electron chi connectivity index (χ4n) is 4.07. The summed E-state index contributed by atoms with van der Waals surface area (Å²) in [6.45, 7) is 0.360. The molecule has 3 aromatic rings. The maximum absolute atomic E-state index is 12.7. The standard InChI is InChI=1S/C19H27N7O2S/c1-24-12-20-16-15(24)17(27)26(19(28)25(16)2)10-5-11-29-18-21-14(22-23-18)9-8-13-6-3-4-7-13/h12-13H,3-11H2,1-2H3,(H,21,22,23). The SMILES string of the molecule is Cn1cnc2c1c(=O)n(CCCSc1n[nH]c(CCC3CCCC3)n1)c(=O)n2C. The first-order valence-electron chi connectivity index (χ1n) is 10.2. The fourth-order valence-corrected chi connectivity index (χ4v) is 4.81. The van der Waals surface area contributed by atoms with Crippen LogP contribution >= 0.6 is 11.8 Å². The first-order chi connectivity index (χ1) is 14.0. The van der Waals surface area contributed by atoms with E-state index in [-0.39, 0.29) is 11.2 Å². The molecule has 1 aliphatic carbocycles. The highest BCUT2D eigenvalue weighted by molar-refractivity contribution is 7.99. The summed E-state index contributed by atoms with van der Waals surface area (Å²) in [7, 11) is 3.40. The van der Waals surface area contributed by atoms with Crippen molar-refractivity contribution in [2.75, 3.05) is 5.75 Å². The molecule has 4 rings (SSSR count). The van der Waals surface area contributed by atoms with Crippen molar-refractivity contribution in [2.24, 2.45) is 20.0 Å². The number of H-pyrrole nitrogens is 1. The molecule has 0 atom stereocenters. The molecule has 3 heterocycles. The summed E-state index contributed by atoms with van der Waals surface area (Å²) in [6, 6.07) is 0. The van der Waals surface area contributed by atoms with Crippen LogP contribution in [0.3, 0.4) is 0 Å². The van der Waals surface area contributed by atoms with Crippen LogP contribution in [0.2, 0.25) is 0 Å². The van der Waals surface area contributed by atoms with Gasteiger partial charge in [0.05, 0.1) is 6.33 Å². The maximum Gasteiger partial charge on any atom is 0.332 e. The van der Waals surface area contributed by atoms with Crippen LogP contribution < -0.4 is 11.2 Å². The first-order valence-corrected chi connectivity index (χ1v) is 11.2. The average molecular weight is 418 g/mol. The van der Waals surface area contributed by atoms with Crippen LogP contribution in [0, 0.1) is 5.92 Å². The Morgan fingerprint density at radius 2 is 2.03 bits per heavy atom. The number of rotatable bonds is 8. The average Bonchev–Trinajstić information content (AvgIpc) is 3.45. The van der Waals surface area contributed by atoms with Gasteiger partial charge in [0.25, 0.3) is 5.56 Å². The van der Waals surface area contributed by atoms with Crippen LogP contribution in [0.1, 0.15) is 44.3 Å². The molecular weight excluding hydrogens is 390 g/mol. The minimum Gasteiger partial charge on any atom is -0.328 e. The van der Waals surface area contributed by atoms with Crippen LogP contribution in [0.25, 0.3) is 11.2 Å². The van der Waals surface area contributed by atoms with E-state index in [9.17, 15) is 9.59 Å². The smallest absolute Gasteiger partial charge is 0.328 e. The van der Waals surface area contributed by atoms with E-state index >= 15 is 0 Å². The highest BCUT2D eigenvalue weighted by Crippen LogP contribution is 2.28. The summed E-state index contributed by atoms with van der Waals surface area (Å²) in [6.07, 6.45) is 9.78. The molecule has 0 unspecified atom stereocenters. The number of fused-ring (bicyclic) bond motifs is 1. The van der Waals surface area contributed by atoms with Gasteiger partial charge in [-0.25, -0.2) is 14.8 Å². The Bertz CT molecular complexity index is 1100. The van der Waals surface area contributed by atoms with Gasteiger partial charge >= 0.3 is 5.69 Å². The number of nitrogens with zero attached hydrogens (tertiary/aromatic N) is 6. The molecule has 1 fully saturated rings. The quantitative estimate of drug-likeness (QED) is 0.443. The molecule has 3 aromatic heterocycles. The predicted octanol–water partition coefficient (Wildman–Crippen LogP) is 1.86. The number of nitrogens with one attached hydrogen (secondary N) is 1. The molecule has 29 heavy (non-hydrogen) atoms. The van der Waals surface area contributed by atoms with Gasteiger partial charge in [0.2, 0.25) is 5.16 Å². The molecule has 0 aromatic carbocycles. The molecule has 10 heteroatoms. The number of aromatic nitrogens is 7. The van der Waals surface area contributed by atoms with Gasteiger partial charge in [0.15, 0.2) is 11.2 Å². The second-order valence-electron chi connectivity index (χ2n) is 7.78. The number of hydrogen-bond acceptors (Lipinski definition) is 6. The van der Waals surface area contributed by atoms with Gasteiger partial charge in [0.1, 0.15) is 5.82 Å². The molecule has 9 nitrogen and oxygen atoms in total. The molecule has 0 aliphatic heterocycles. The van der Waals surface area contributed by atoms with Gasteiger partial charge in [0, 0.05) is 32.8 Å². The summed E-state index contributed by atoms with van der Waals surface area (Å²) in [5, 5.41) is 8.05. The molecule has 0 spiro atoms. The van der Waals surface area contributed by atoms with Crippen LogP contribution in [-0.2, 0) is 27.1 Å². The number of thioether (sulfide) groups is 1. The summed E-state index contributed by atoms with van der Waals surface area (Å²) < 4.78 is 4.37. The van der Waals surface area contributed by atoms with Gasteiger partial charge in [-0.1, -0.05) is 37.4 Å². The molecule has 0 bridgehead atoms. The van der Waals surface area contributed by atoms with Crippen molar-refractivity contribution in [1.29, 1.82) is 0 Å². The monoisotopic (exact) mass is 417 g/mol. The largest absolute Gasteiger partial charge is 0.332 e. The van der Waals surface area contributed by atoms with Crippen molar-refractivity contribution in [3.05, 3.63) is 33.0 Å². The van der Waals surface area contributed by atoms with E-state index in [4.69, 9.17) is 0 Å². The third-order valence-corrected chi connectivity index (χ3v) is 6.67. The van der Waals surface area contributed by atoms with E-state index in [1.165, 1.54) is 41.2 Å². The molecule has 0 amide bonds. The Hall–Kier alpha value is -2.36. The molecule has 1 N–H and O–H groups in total.